The van der Waals surface area contributed by atoms with E-state index >= 15 is 0 Å². The molecule has 1 heterocycles. The summed E-state index contributed by atoms with van der Waals surface area (Å²) in [5, 5.41) is 3.17. The van der Waals surface area contributed by atoms with Crippen molar-refractivity contribution in [3.63, 3.8) is 0 Å². The molecule has 0 fully saturated rings. The molecular formula is C22H21BClFN3O. The van der Waals surface area contributed by atoms with Gasteiger partial charge >= 0.3 is 7.55 Å². The summed E-state index contributed by atoms with van der Waals surface area (Å²) in [4.78, 5) is 4.09. The highest BCUT2D eigenvalue weighted by atomic mass is 35.5. The standard InChI is InChI=1S/C20H15BClFN3O.C2H6/c22-15-10-13(6-8-16(15)23)18-17(27-11-12-4-2-1-3-5-12)9-7-14-19(18)25-21-26-20(14)24;1-2/h1-10,25H,11H2,(H2,24,26);1-2H3. The van der Waals surface area contributed by atoms with Crippen LogP contribution in [-0.4, -0.2) is 13.4 Å². The molecule has 0 bridgehead atoms. The van der Waals surface area contributed by atoms with Crippen molar-refractivity contribution in [2.45, 2.75) is 20.5 Å². The van der Waals surface area contributed by atoms with E-state index in [1.807, 2.05) is 56.3 Å². The lowest BCUT2D eigenvalue weighted by Gasteiger charge is -2.22. The number of rotatable bonds is 4. The summed E-state index contributed by atoms with van der Waals surface area (Å²) >= 11 is 6.01. The van der Waals surface area contributed by atoms with E-state index in [4.69, 9.17) is 22.1 Å². The second kappa shape index (κ2) is 9.48. The number of nitrogens with one attached hydrogen (secondary N) is 1. The highest BCUT2D eigenvalue weighted by Gasteiger charge is 2.21. The Morgan fingerprint density at radius 2 is 1.86 bits per heavy atom. The Bertz CT molecular complexity index is 1030. The van der Waals surface area contributed by atoms with Crippen LogP contribution in [0.15, 0.2) is 65.6 Å². The Kier molecular flexibility index (Phi) is 6.78. The number of halogens is 2. The molecular weight excluding hydrogens is 388 g/mol. The van der Waals surface area contributed by atoms with E-state index in [1.54, 1.807) is 12.1 Å². The minimum absolute atomic E-state index is 0.0422. The zero-order valence-corrected chi connectivity index (χ0v) is 17.0. The normalized spacial score (nSPS) is 11.8. The van der Waals surface area contributed by atoms with Gasteiger partial charge in [-0.1, -0.05) is 61.8 Å². The molecule has 29 heavy (non-hydrogen) atoms. The van der Waals surface area contributed by atoms with Gasteiger partial charge in [0.05, 0.1) is 5.02 Å². The van der Waals surface area contributed by atoms with Gasteiger partial charge in [0, 0.05) is 16.8 Å². The van der Waals surface area contributed by atoms with Crippen molar-refractivity contribution in [2.75, 3.05) is 5.23 Å². The van der Waals surface area contributed by atoms with Gasteiger partial charge in [-0.2, -0.15) is 0 Å². The van der Waals surface area contributed by atoms with E-state index in [0.717, 1.165) is 27.9 Å². The van der Waals surface area contributed by atoms with E-state index in [0.29, 0.717) is 18.2 Å². The van der Waals surface area contributed by atoms with Crippen molar-refractivity contribution < 1.29 is 9.13 Å². The lowest BCUT2D eigenvalue weighted by atomic mass is 9.93. The average Bonchev–Trinajstić information content (AvgIpc) is 2.76. The number of amidine groups is 1. The topological polar surface area (TPSA) is 59.6 Å². The predicted molar refractivity (Wildman–Crippen MR) is 119 cm³/mol. The SMILES string of the molecule is CC.NC1=N[B]Nc2c1ccc(OCc1ccccc1)c2-c1ccc(F)c(Cl)c1. The molecule has 4 rings (SSSR count). The molecule has 3 N–H and O–H groups in total. The molecule has 0 amide bonds. The lowest BCUT2D eigenvalue weighted by molar-refractivity contribution is 0.307. The maximum Gasteiger partial charge on any atom is 0.410 e. The molecule has 0 unspecified atom stereocenters. The maximum absolute atomic E-state index is 13.7. The van der Waals surface area contributed by atoms with Gasteiger partial charge in [0.1, 0.15) is 24.0 Å². The first-order valence-electron chi connectivity index (χ1n) is 9.34. The van der Waals surface area contributed by atoms with E-state index in [-0.39, 0.29) is 5.02 Å². The van der Waals surface area contributed by atoms with Gasteiger partial charge in [0.2, 0.25) is 0 Å². The highest BCUT2D eigenvalue weighted by Crippen LogP contribution is 2.41. The molecule has 0 saturated carbocycles. The maximum atomic E-state index is 13.7. The molecule has 0 atom stereocenters. The van der Waals surface area contributed by atoms with Gasteiger partial charge < -0.3 is 20.6 Å². The zero-order valence-electron chi connectivity index (χ0n) is 16.2. The highest BCUT2D eigenvalue weighted by molar-refractivity contribution is 6.45. The monoisotopic (exact) mass is 408 g/mol. The molecule has 0 saturated heterocycles. The van der Waals surface area contributed by atoms with Crippen molar-refractivity contribution in [3.05, 3.63) is 82.6 Å². The van der Waals surface area contributed by atoms with Crippen LogP contribution in [0.4, 0.5) is 10.1 Å². The van der Waals surface area contributed by atoms with Crippen LogP contribution in [0.1, 0.15) is 25.0 Å². The van der Waals surface area contributed by atoms with Crippen LogP contribution in [0.2, 0.25) is 5.02 Å². The number of ether oxygens (including phenoxy) is 1. The Morgan fingerprint density at radius 3 is 2.59 bits per heavy atom. The molecule has 0 spiro atoms. The zero-order chi connectivity index (χ0) is 20.8. The van der Waals surface area contributed by atoms with Crippen LogP contribution >= 0.6 is 11.6 Å². The van der Waals surface area contributed by atoms with E-state index in [1.165, 1.54) is 13.6 Å². The molecule has 1 aliphatic heterocycles. The lowest BCUT2D eigenvalue weighted by Crippen LogP contribution is -2.25. The van der Waals surface area contributed by atoms with Gasteiger partial charge in [-0.05, 0) is 35.4 Å². The quantitative estimate of drug-likeness (QED) is 0.567. The first-order valence-corrected chi connectivity index (χ1v) is 9.72. The first-order chi connectivity index (χ1) is 14.1. The molecule has 1 radical (unpaired) electrons. The second-order valence-electron chi connectivity index (χ2n) is 6.05. The minimum Gasteiger partial charge on any atom is -0.488 e. The van der Waals surface area contributed by atoms with Gasteiger partial charge in [-0.15, -0.1) is 0 Å². The third-order valence-corrected chi connectivity index (χ3v) is 4.59. The van der Waals surface area contributed by atoms with E-state index < -0.39 is 5.82 Å². The van der Waals surface area contributed by atoms with Crippen molar-refractivity contribution in [3.8, 4) is 16.9 Å². The Morgan fingerprint density at radius 1 is 1.10 bits per heavy atom. The summed E-state index contributed by atoms with van der Waals surface area (Å²) in [5.74, 6) is 0.557. The molecule has 0 aliphatic carbocycles. The number of fused-ring (bicyclic) bond motifs is 1. The second-order valence-corrected chi connectivity index (χ2v) is 6.46. The molecule has 3 aromatic rings. The summed E-state index contributed by atoms with van der Waals surface area (Å²) in [6, 6.07) is 18.1. The van der Waals surface area contributed by atoms with Crippen molar-refractivity contribution in [2.24, 2.45) is 10.6 Å². The third kappa shape index (κ3) is 4.54. The number of hydrogen-bond donors (Lipinski definition) is 2. The van der Waals surface area contributed by atoms with Gasteiger partial charge in [-0.25, -0.2) is 4.39 Å². The fourth-order valence-corrected chi connectivity index (χ4v) is 3.16. The summed E-state index contributed by atoms with van der Waals surface area (Å²) in [6.45, 7) is 4.40. The molecule has 3 aromatic carbocycles. The molecule has 0 aromatic heterocycles. The summed E-state index contributed by atoms with van der Waals surface area (Å²) in [5.41, 5.74) is 10.0. The Hall–Kier alpha value is -2.99. The number of benzene rings is 3. The first kappa shape index (κ1) is 20.7. The Balaban J connectivity index is 0.00000117. The molecule has 4 nitrogen and oxygen atoms in total. The minimum atomic E-state index is -0.474. The van der Waals surface area contributed by atoms with Crippen molar-refractivity contribution in [1.29, 1.82) is 0 Å². The van der Waals surface area contributed by atoms with Crippen LogP contribution in [0.5, 0.6) is 5.75 Å². The third-order valence-electron chi connectivity index (χ3n) is 4.30. The number of anilines is 1. The number of nitrogens with two attached hydrogens (primary N) is 1. The van der Waals surface area contributed by atoms with Crippen LogP contribution in [-0.2, 0) is 6.61 Å². The number of hydrogen-bond acceptors (Lipinski definition) is 4. The van der Waals surface area contributed by atoms with Crippen LogP contribution in [0, 0.1) is 5.82 Å². The summed E-state index contributed by atoms with van der Waals surface area (Å²) < 4.78 is 19.7. The Labute approximate surface area is 175 Å². The van der Waals surface area contributed by atoms with Crippen LogP contribution in [0.3, 0.4) is 0 Å². The number of nitrogens with zero attached hydrogens (tertiary/aromatic N) is 1. The average molecular weight is 409 g/mol. The van der Waals surface area contributed by atoms with Gasteiger partial charge in [-0.3, -0.25) is 0 Å². The molecule has 1 aliphatic rings. The van der Waals surface area contributed by atoms with Crippen molar-refractivity contribution in [1.82, 2.24) is 0 Å². The van der Waals surface area contributed by atoms with E-state index in [2.05, 4.69) is 10.1 Å². The van der Waals surface area contributed by atoms with Crippen LogP contribution < -0.4 is 15.7 Å². The fraction of sp³-hybridized carbons (Fsp3) is 0.136. The van der Waals surface area contributed by atoms with Gasteiger partial charge in [0.25, 0.3) is 0 Å². The summed E-state index contributed by atoms with van der Waals surface area (Å²) in [7, 11) is 1.52. The van der Waals surface area contributed by atoms with Crippen molar-refractivity contribution >= 4 is 30.7 Å². The largest absolute Gasteiger partial charge is 0.488 e. The summed E-state index contributed by atoms with van der Waals surface area (Å²) in [6.07, 6.45) is 0. The van der Waals surface area contributed by atoms with Crippen LogP contribution in [0.25, 0.3) is 11.1 Å². The molecule has 7 heteroatoms. The van der Waals surface area contributed by atoms with Gasteiger partial charge in [0.15, 0.2) is 0 Å². The fourth-order valence-electron chi connectivity index (χ4n) is 2.98. The predicted octanol–water partition coefficient (Wildman–Crippen LogP) is 5.42. The smallest absolute Gasteiger partial charge is 0.410 e. The van der Waals surface area contributed by atoms with E-state index in [9.17, 15) is 4.39 Å². The molecule has 147 valence electrons.